The molecule has 0 bridgehead atoms. The molecule has 0 atom stereocenters. The molecule has 0 unspecified atom stereocenters. The quantitative estimate of drug-likeness (QED) is 0.656. The Labute approximate surface area is 122 Å². The fraction of sp³-hybridized carbons (Fsp3) is 0.143. The van der Waals surface area contributed by atoms with E-state index in [9.17, 15) is 13.2 Å². The zero-order chi connectivity index (χ0) is 14.0. The van der Waals surface area contributed by atoms with Crippen molar-refractivity contribution < 1.29 is 17.9 Å². The highest BCUT2D eigenvalue weighted by Crippen LogP contribution is 2.31. The average molecular weight is 378 g/mol. The molecule has 0 saturated carbocycles. The summed E-state index contributed by atoms with van der Waals surface area (Å²) in [6.07, 6.45) is -4.66. The Balaban J connectivity index is 2.31. The molecular formula is C14H10F3IO. The van der Waals surface area contributed by atoms with Crippen LogP contribution in [0.2, 0.25) is 0 Å². The number of hydrogen-bond acceptors (Lipinski definition) is 1. The molecule has 100 valence electrons. The number of alkyl halides is 3. The lowest BCUT2D eigenvalue weighted by molar-refractivity contribution is -0.274. The minimum Gasteiger partial charge on any atom is -0.406 e. The fourth-order valence-corrected chi connectivity index (χ4v) is 2.46. The molecule has 0 saturated heterocycles. The van der Waals surface area contributed by atoms with Gasteiger partial charge in [-0.15, -0.1) is 13.2 Å². The second-order valence-electron chi connectivity index (χ2n) is 4.06. The summed E-state index contributed by atoms with van der Waals surface area (Å²) in [5, 5.41) is 0. The van der Waals surface area contributed by atoms with Crippen LogP contribution in [-0.2, 0) is 0 Å². The lowest BCUT2D eigenvalue weighted by Gasteiger charge is -2.11. The van der Waals surface area contributed by atoms with Crippen molar-refractivity contribution in [3.05, 3.63) is 51.6 Å². The summed E-state index contributed by atoms with van der Waals surface area (Å²) in [6, 6.07) is 12.1. The number of ether oxygens (including phenoxy) is 1. The summed E-state index contributed by atoms with van der Waals surface area (Å²) in [5.74, 6) is -0.201. The minimum atomic E-state index is -4.66. The van der Waals surface area contributed by atoms with Crippen LogP contribution in [-0.4, -0.2) is 6.36 Å². The molecule has 0 heterocycles. The second kappa shape index (κ2) is 5.40. The van der Waals surface area contributed by atoms with Gasteiger partial charge in [-0.3, -0.25) is 0 Å². The first-order valence-electron chi connectivity index (χ1n) is 5.47. The molecule has 0 fully saturated rings. The topological polar surface area (TPSA) is 9.23 Å². The van der Waals surface area contributed by atoms with Gasteiger partial charge in [0.05, 0.1) is 0 Å². The molecule has 0 aliphatic heterocycles. The molecule has 0 spiro atoms. The highest BCUT2D eigenvalue weighted by molar-refractivity contribution is 14.1. The molecule has 19 heavy (non-hydrogen) atoms. The predicted molar refractivity (Wildman–Crippen MR) is 76.0 cm³/mol. The highest BCUT2D eigenvalue weighted by Gasteiger charge is 2.31. The van der Waals surface area contributed by atoms with Crippen molar-refractivity contribution in [2.24, 2.45) is 0 Å². The third kappa shape index (κ3) is 3.86. The third-order valence-electron chi connectivity index (χ3n) is 2.54. The molecule has 5 heteroatoms. The molecule has 0 aromatic heterocycles. The van der Waals surface area contributed by atoms with Gasteiger partial charge in [0.25, 0.3) is 0 Å². The molecule has 0 amide bonds. The van der Waals surface area contributed by atoms with Gasteiger partial charge < -0.3 is 4.74 Å². The van der Waals surface area contributed by atoms with Crippen LogP contribution >= 0.6 is 22.6 Å². The first-order chi connectivity index (χ1) is 8.85. The van der Waals surface area contributed by atoms with E-state index >= 15 is 0 Å². The smallest absolute Gasteiger partial charge is 0.406 e. The maximum absolute atomic E-state index is 12.1. The van der Waals surface area contributed by atoms with Crippen molar-refractivity contribution in [2.75, 3.05) is 0 Å². The minimum absolute atomic E-state index is 0.201. The molecule has 2 aromatic carbocycles. The zero-order valence-electron chi connectivity index (χ0n) is 9.96. The predicted octanol–water partition coefficient (Wildman–Crippen LogP) is 5.17. The summed E-state index contributed by atoms with van der Waals surface area (Å²) in [7, 11) is 0. The van der Waals surface area contributed by atoms with Crippen molar-refractivity contribution in [1.29, 1.82) is 0 Å². The SMILES string of the molecule is Cc1ccc(-c2ccc(OC(F)(F)F)cc2I)cc1. The first-order valence-corrected chi connectivity index (χ1v) is 6.55. The molecule has 2 rings (SSSR count). The Bertz CT molecular complexity index is 576. The van der Waals surface area contributed by atoms with Crippen LogP contribution in [0, 0.1) is 10.5 Å². The van der Waals surface area contributed by atoms with E-state index < -0.39 is 6.36 Å². The fourth-order valence-electron chi connectivity index (χ4n) is 1.66. The number of hydrogen-bond donors (Lipinski definition) is 0. The molecule has 0 aliphatic carbocycles. The summed E-state index contributed by atoms with van der Waals surface area (Å²) >= 11 is 2.00. The average Bonchev–Trinajstić information content (AvgIpc) is 2.29. The lowest BCUT2D eigenvalue weighted by atomic mass is 10.0. The molecule has 2 aromatic rings. The van der Waals surface area contributed by atoms with E-state index in [1.165, 1.54) is 12.1 Å². The van der Waals surface area contributed by atoms with E-state index in [1.54, 1.807) is 6.07 Å². The number of aryl methyl sites for hydroxylation is 1. The van der Waals surface area contributed by atoms with Crippen LogP contribution in [0.4, 0.5) is 13.2 Å². The van der Waals surface area contributed by atoms with Gasteiger partial charge in [0.2, 0.25) is 0 Å². The van der Waals surface area contributed by atoms with Gasteiger partial charge in [-0.2, -0.15) is 0 Å². The second-order valence-corrected chi connectivity index (χ2v) is 5.22. The third-order valence-corrected chi connectivity index (χ3v) is 3.43. The Morgan fingerprint density at radius 1 is 1.00 bits per heavy atom. The summed E-state index contributed by atoms with van der Waals surface area (Å²) in [6.45, 7) is 1.98. The summed E-state index contributed by atoms with van der Waals surface area (Å²) < 4.78 is 40.9. The van der Waals surface area contributed by atoms with Crippen LogP contribution in [0.5, 0.6) is 5.75 Å². The Kier molecular flexibility index (Phi) is 4.03. The van der Waals surface area contributed by atoms with Crippen LogP contribution in [0.3, 0.4) is 0 Å². The van der Waals surface area contributed by atoms with Crippen LogP contribution in [0.1, 0.15) is 5.56 Å². The van der Waals surface area contributed by atoms with Gasteiger partial charge in [-0.25, -0.2) is 0 Å². The van der Waals surface area contributed by atoms with Gasteiger partial charge in [0, 0.05) is 3.57 Å². The van der Waals surface area contributed by atoms with Crippen LogP contribution in [0.25, 0.3) is 11.1 Å². The molecular weight excluding hydrogens is 368 g/mol. The van der Waals surface area contributed by atoms with Gasteiger partial charge >= 0.3 is 6.36 Å². The lowest BCUT2D eigenvalue weighted by Crippen LogP contribution is -2.17. The van der Waals surface area contributed by atoms with E-state index in [0.29, 0.717) is 3.57 Å². The van der Waals surface area contributed by atoms with Gasteiger partial charge in [0.1, 0.15) is 5.75 Å². The maximum atomic E-state index is 12.1. The van der Waals surface area contributed by atoms with E-state index in [2.05, 4.69) is 4.74 Å². The molecule has 0 radical (unpaired) electrons. The van der Waals surface area contributed by atoms with Crippen molar-refractivity contribution >= 4 is 22.6 Å². The van der Waals surface area contributed by atoms with Crippen LogP contribution < -0.4 is 4.74 Å². The van der Waals surface area contributed by atoms with Crippen molar-refractivity contribution in [2.45, 2.75) is 13.3 Å². The normalized spacial score (nSPS) is 11.4. The molecule has 1 nitrogen and oxygen atoms in total. The van der Waals surface area contributed by atoms with Gasteiger partial charge in [0.15, 0.2) is 0 Å². The number of benzene rings is 2. The standard InChI is InChI=1S/C14H10F3IO/c1-9-2-4-10(5-3-9)12-7-6-11(8-13(12)18)19-14(15,16)17/h2-8H,1H3. The maximum Gasteiger partial charge on any atom is 0.573 e. The number of rotatable bonds is 2. The number of halogens is 4. The first kappa shape index (κ1) is 14.2. The monoisotopic (exact) mass is 378 g/mol. The van der Waals surface area contributed by atoms with E-state index in [-0.39, 0.29) is 5.75 Å². The van der Waals surface area contributed by atoms with Crippen molar-refractivity contribution in [1.82, 2.24) is 0 Å². The van der Waals surface area contributed by atoms with Crippen LogP contribution in [0.15, 0.2) is 42.5 Å². The summed E-state index contributed by atoms with van der Waals surface area (Å²) in [5.41, 5.74) is 2.99. The summed E-state index contributed by atoms with van der Waals surface area (Å²) in [4.78, 5) is 0. The van der Waals surface area contributed by atoms with Gasteiger partial charge in [-0.1, -0.05) is 29.8 Å². The van der Waals surface area contributed by atoms with E-state index in [1.807, 2.05) is 53.8 Å². The van der Waals surface area contributed by atoms with E-state index in [0.717, 1.165) is 16.7 Å². The Hall–Kier alpha value is -1.24. The van der Waals surface area contributed by atoms with Gasteiger partial charge in [-0.05, 0) is 58.8 Å². The van der Waals surface area contributed by atoms with E-state index in [4.69, 9.17) is 0 Å². The highest BCUT2D eigenvalue weighted by atomic mass is 127. The Morgan fingerprint density at radius 3 is 2.16 bits per heavy atom. The zero-order valence-corrected chi connectivity index (χ0v) is 12.1. The Morgan fingerprint density at radius 2 is 1.63 bits per heavy atom. The van der Waals surface area contributed by atoms with Crippen molar-refractivity contribution in [3.63, 3.8) is 0 Å². The van der Waals surface area contributed by atoms with Crippen molar-refractivity contribution in [3.8, 4) is 16.9 Å². The molecule has 0 aliphatic rings. The molecule has 0 N–H and O–H groups in total. The largest absolute Gasteiger partial charge is 0.573 e.